The number of hydrogen-bond acceptors (Lipinski definition) is 2. The van der Waals surface area contributed by atoms with Crippen LogP contribution in [0.25, 0.3) is 0 Å². The Morgan fingerprint density at radius 1 is 1.57 bits per heavy atom. The molecular weight excluding hydrogens is 178 g/mol. The molecule has 1 amide bonds. The van der Waals surface area contributed by atoms with Gasteiger partial charge in [-0.2, -0.15) is 0 Å². The second-order valence-electron chi connectivity index (χ2n) is 4.16. The van der Waals surface area contributed by atoms with Gasteiger partial charge in [0, 0.05) is 19.1 Å². The van der Waals surface area contributed by atoms with E-state index < -0.39 is 0 Å². The lowest BCUT2D eigenvalue weighted by molar-refractivity contribution is -0.127. The molecule has 0 heterocycles. The average molecular weight is 199 g/mol. The molecule has 1 fully saturated rings. The van der Waals surface area contributed by atoms with Gasteiger partial charge in [0.15, 0.2) is 0 Å². The highest BCUT2D eigenvalue weighted by Crippen LogP contribution is 2.26. The van der Waals surface area contributed by atoms with Gasteiger partial charge < -0.3 is 10.4 Å². The van der Waals surface area contributed by atoms with Gasteiger partial charge in [0.1, 0.15) is 0 Å². The third kappa shape index (κ3) is 3.29. The molecule has 1 aliphatic rings. The quantitative estimate of drug-likeness (QED) is 0.677. The third-order valence-electron chi connectivity index (χ3n) is 3.16. The SMILES string of the molecule is CCC(CCO)CNC(=O)C1CCC1. The van der Waals surface area contributed by atoms with Crippen molar-refractivity contribution in [3.63, 3.8) is 0 Å². The Balaban J connectivity index is 2.13. The van der Waals surface area contributed by atoms with Gasteiger partial charge in [0.25, 0.3) is 0 Å². The van der Waals surface area contributed by atoms with Gasteiger partial charge in [-0.25, -0.2) is 0 Å². The topological polar surface area (TPSA) is 49.3 Å². The van der Waals surface area contributed by atoms with Gasteiger partial charge in [0.05, 0.1) is 0 Å². The number of aliphatic hydroxyl groups is 1. The summed E-state index contributed by atoms with van der Waals surface area (Å²) in [6.45, 7) is 3.04. The summed E-state index contributed by atoms with van der Waals surface area (Å²) in [7, 11) is 0. The molecule has 14 heavy (non-hydrogen) atoms. The number of carbonyl (C=O) groups is 1. The van der Waals surface area contributed by atoms with Gasteiger partial charge in [-0.05, 0) is 25.2 Å². The molecule has 1 rings (SSSR count). The molecule has 0 aliphatic heterocycles. The molecule has 3 heteroatoms. The molecule has 0 spiro atoms. The second kappa shape index (κ2) is 6.02. The van der Waals surface area contributed by atoms with E-state index in [0.29, 0.717) is 5.92 Å². The smallest absolute Gasteiger partial charge is 0.223 e. The summed E-state index contributed by atoms with van der Waals surface area (Å²) in [5.41, 5.74) is 0. The predicted octanol–water partition coefficient (Wildman–Crippen LogP) is 1.31. The molecular formula is C11H21NO2. The molecule has 1 unspecified atom stereocenters. The van der Waals surface area contributed by atoms with E-state index in [-0.39, 0.29) is 18.4 Å². The molecule has 0 radical (unpaired) electrons. The fourth-order valence-electron chi connectivity index (χ4n) is 1.69. The lowest BCUT2D eigenvalue weighted by Crippen LogP contribution is -2.37. The summed E-state index contributed by atoms with van der Waals surface area (Å²) in [5, 5.41) is 11.8. The zero-order valence-corrected chi connectivity index (χ0v) is 8.96. The van der Waals surface area contributed by atoms with Crippen LogP contribution in [0, 0.1) is 11.8 Å². The summed E-state index contributed by atoms with van der Waals surface area (Å²) in [4.78, 5) is 11.5. The summed E-state index contributed by atoms with van der Waals surface area (Å²) in [6, 6.07) is 0. The first-order chi connectivity index (χ1) is 6.77. The van der Waals surface area contributed by atoms with Crippen LogP contribution in [0.1, 0.15) is 39.0 Å². The van der Waals surface area contributed by atoms with Crippen molar-refractivity contribution >= 4 is 5.91 Å². The van der Waals surface area contributed by atoms with Crippen molar-refractivity contribution < 1.29 is 9.90 Å². The van der Waals surface area contributed by atoms with Gasteiger partial charge in [-0.1, -0.05) is 19.8 Å². The summed E-state index contributed by atoms with van der Waals surface area (Å²) in [6.07, 6.45) is 5.13. The predicted molar refractivity (Wildman–Crippen MR) is 55.8 cm³/mol. The van der Waals surface area contributed by atoms with Crippen LogP contribution in [0.2, 0.25) is 0 Å². The monoisotopic (exact) mass is 199 g/mol. The van der Waals surface area contributed by atoms with E-state index in [2.05, 4.69) is 12.2 Å². The van der Waals surface area contributed by atoms with Crippen molar-refractivity contribution in [3.05, 3.63) is 0 Å². The minimum Gasteiger partial charge on any atom is -0.396 e. The van der Waals surface area contributed by atoms with Crippen LogP contribution in [-0.4, -0.2) is 24.2 Å². The lowest BCUT2D eigenvalue weighted by atomic mass is 9.84. The van der Waals surface area contributed by atoms with Crippen molar-refractivity contribution in [1.82, 2.24) is 5.32 Å². The Bertz CT molecular complexity index is 178. The van der Waals surface area contributed by atoms with E-state index in [4.69, 9.17) is 5.11 Å². The van der Waals surface area contributed by atoms with Crippen LogP contribution in [-0.2, 0) is 4.79 Å². The highest BCUT2D eigenvalue weighted by atomic mass is 16.3. The van der Waals surface area contributed by atoms with Crippen LogP contribution in [0.5, 0.6) is 0 Å². The summed E-state index contributed by atoms with van der Waals surface area (Å²) >= 11 is 0. The fraction of sp³-hybridized carbons (Fsp3) is 0.909. The standard InChI is InChI=1S/C11H21NO2/c1-2-9(6-7-13)8-12-11(14)10-4-3-5-10/h9-10,13H,2-8H2,1H3,(H,12,14). The van der Waals surface area contributed by atoms with E-state index in [0.717, 1.165) is 32.2 Å². The van der Waals surface area contributed by atoms with Crippen LogP contribution in [0.15, 0.2) is 0 Å². The molecule has 0 saturated heterocycles. The molecule has 2 N–H and O–H groups in total. The van der Waals surface area contributed by atoms with E-state index in [1.807, 2.05) is 0 Å². The van der Waals surface area contributed by atoms with E-state index >= 15 is 0 Å². The molecule has 0 bridgehead atoms. The van der Waals surface area contributed by atoms with Crippen molar-refractivity contribution in [3.8, 4) is 0 Å². The normalized spacial score (nSPS) is 18.7. The highest BCUT2D eigenvalue weighted by molar-refractivity contribution is 5.79. The van der Waals surface area contributed by atoms with Crippen molar-refractivity contribution in [2.75, 3.05) is 13.2 Å². The maximum Gasteiger partial charge on any atom is 0.223 e. The third-order valence-corrected chi connectivity index (χ3v) is 3.16. The lowest BCUT2D eigenvalue weighted by Gasteiger charge is -2.25. The highest BCUT2D eigenvalue weighted by Gasteiger charge is 2.25. The molecule has 0 aromatic carbocycles. The van der Waals surface area contributed by atoms with Crippen molar-refractivity contribution in [1.29, 1.82) is 0 Å². The first-order valence-corrected chi connectivity index (χ1v) is 5.66. The average Bonchev–Trinajstić information content (AvgIpc) is 2.09. The van der Waals surface area contributed by atoms with Crippen molar-refractivity contribution in [2.45, 2.75) is 39.0 Å². The largest absolute Gasteiger partial charge is 0.396 e. The first-order valence-electron chi connectivity index (χ1n) is 5.66. The van der Waals surface area contributed by atoms with Crippen molar-refractivity contribution in [2.24, 2.45) is 11.8 Å². The number of hydrogen-bond donors (Lipinski definition) is 2. The van der Waals surface area contributed by atoms with Crippen LogP contribution >= 0.6 is 0 Å². The molecule has 82 valence electrons. The number of aliphatic hydroxyl groups excluding tert-OH is 1. The first kappa shape index (κ1) is 11.5. The van der Waals surface area contributed by atoms with E-state index in [9.17, 15) is 4.79 Å². The molecule has 0 aromatic rings. The van der Waals surface area contributed by atoms with Crippen LogP contribution < -0.4 is 5.32 Å². The minimum atomic E-state index is 0.215. The molecule has 3 nitrogen and oxygen atoms in total. The fourth-order valence-corrected chi connectivity index (χ4v) is 1.69. The van der Waals surface area contributed by atoms with Crippen LogP contribution in [0.4, 0.5) is 0 Å². The van der Waals surface area contributed by atoms with E-state index in [1.54, 1.807) is 0 Å². The van der Waals surface area contributed by atoms with Gasteiger partial charge >= 0.3 is 0 Å². The summed E-state index contributed by atoms with van der Waals surface area (Å²) < 4.78 is 0. The Morgan fingerprint density at radius 2 is 2.29 bits per heavy atom. The molecule has 1 aliphatic carbocycles. The Labute approximate surface area is 85.9 Å². The Kier molecular flexibility index (Phi) is 4.94. The second-order valence-corrected chi connectivity index (χ2v) is 4.16. The number of amides is 1. The number of nitrogens with one attached hydrogen (secondary N) is 1. The van der Waals surface area contributed by atoms with E-state index in [1.165, 1.54) is 6.42 Å². The van der Waals surface area contributed by atoms with Gasteiger partial charge in [-0.3, -0.25) is 4.79 Å². The number of carbonyl (C=O) groups excluding carboxylic acids is 1. The van der Waals surface area contributed by atoms with Crippen LogP contribution in [0.3, 0.4) is 0 Å². The minimum absolute atomic E-state index is 0.215. The summed E-state index contributed by atoms with van der Waals surface area (Å²) in [5.74, 6) is 0.929. The molecule has 1 saturated carbocycles. The Hall–Kier alpha value is -0.570. The van der Waals surface area contributed by atoms with Gasteiger partial charge in [0.2, 0.25) is 5.91 Å². The number of rotatable bonds is 6. The zero-order chi connectivity index (χ0) is 10.4. The maximum absolute atomic E-state index is 11.5. The zero-order valence-electron chi connectivity index (χ0n) is 8.96. The Morgan fingerprint density at radius 3 is 2.71 bits per heavy atom. The van der Waals surface area contributed by atoms with Gasteiger partial charge in [-0.15, -0.1) is 0 Å². The molecule has 0 aromatic heterocycles. The maximum atomic E-state index is 11.5. The molecule has 1 atom stereocenters.